The first-order valence-corrected chi connectivity index (χ1v) is 13.4. The molecule has 34 heavy (non-hydrogen) atoms. The van der Waals surface area contributed by atoms with E-state index in [1.807, 2.05) is 0 Å². The van der Waals surface area contributed by atoms with Gasteiger partial charge >= 0.3 is 0 Å². The Labute approximate surface area is 211 Å². The maximum Gasteiger partial charge on any atom is 0.248 e. The van der Waals surface area contributed by atoms with E-state index in [1.165, 1.54) is 16.4 Å². The molecule has 1 atom stereocenters. The smallest absolute Gasteiger partial charge is 0.248 e. The van der Waals surface area contributed by atoms with E-state index in [1.54, 1.807) is 11.8 Å². The molecule has 0 radical (unpaired) electrons. The summed E-state index contributed by atoms with van der Waals surface area (Å²) in [6.45, 7) is 5.76. The number of halogens is 2. The van der Waals surface area contributed by atoms with E-state index >= 15 is 0 Å². The van der Waals surface area contributed by atoms with Gasteiger partial charge in [-0.05, 0) is 37.6 Å². The molecule has 0 aliphatic carbocycles. The average molecular weight is 533 g/mol. The Morgan fingerprint density at radius 3 is 2.68 bits per heavy atom. The third-order valence-corrected chi connectivity index (χ3v) is 9.07. The van der Waals surface area contributed by atoms with E-state index in [-0.39, 0.29) is 48.8 Å². The number of amides is 1. The van der Waals surface area contributed by atoms with Crippen molar-refractivity contribution in [3.63, 3.8) is 0 Å². The highest BCUT2D eigenvalue weighted by Gasteiger charge is 2.36. The van der Waals surface area contributed by atoms with E-state index < -0.39 is 16.1 Å². The molecule has 2 aliphatic heterocycles. The minimum atomic E-state index is -3.91. The Hall–Kier alpha value is -1.45. The van der Waals surface area contributed by atoms with Crippen LogP contribution in [-0.4, -0.2) is 100 Å². The highest BCUT2D eigenvalue weighted by atomic mass is 35.5. The average Bonchev–Trinajstić information content (AvgIpc) is 2.83. The first kappa shape index (κ1) is 27.1. The first-order valence-electron chi connectivity index (χ1n) is 11.2. The molecular formula is C22H30Cl2N4O5S. The highest BCUT2D eigenvalue weighted by Crippen LogP contribution is 2.33. The molecule has 9 nitrogen and oxygen atoms in total. The van der Waals surface area contributed by atoms with Gasteiger partial charge in [0.15, 0.2) is 0 Å². The first-order chi connectivity index (χ1) is 16.3. The van der Waals surface area contributed by atoms with Crippen molar-refractivity contribution in [2.75, 3.05) is 65.7 Å². The molecule has 2 fully saturated rings. The second-order valence-electron chi connectivity index (χ2n) is 8.33. The van der Waals surface area contributed by atoms with Gasteiger partial charge in [-0.1, -0.05) is 23.2 Å². The Balaban J connectivity index is 1.54. The van der Waals surface area contributed by atoms with Gasteiger partial charge in [0.05, 0.1) is 37.0 Å². The summed E-state index contributed by atoms with van der Waals surface area (Å²) in [7, 11) is -3.91. The number of nitriles is 1. The summed E-state index contributed by atoms with van der Waals surface area (Å²) in [5, 5.41) is 9.14. The number of piperazine rings is 1. The molecule has 2 aliphatic rings. The number of nitrogens with zero attached hydrogens (tertiary/aromatic N) is 4. The lowest BCUT2D eigenvalue weighted by Crippen LogP contribution is -2.52. The third-order valence-electron chi connectivity index (χ3n) is 6.07. The molecule has 2 heterocycles. The molecule has 1 aromatic rings. The molecule has 2 saturated heterocycles. The number of rotatable bonds is 9. The SMILES string of the molecule is Cc1c(Cl)ccc(S(=O)(=O)N2CCOC[C@H]2COCC(=O)N2CCN(CCCC#N)CC2)c1Cl. The fraction of sp³-hybridized carbons (Fsp3) is 0.636. The van der Waals surface area contributed by atoms with Crippen LogP contribution in [0.15, 0.2) is 17.0 Å². The number of carbonyl (C=O) groups excluding carboxylic acids is 1. The minimum Gasteiger partial charge on any atom is -0.378 e. The van der Waals surface area contributed by atoms with Crippen LogP contribution in [-0.2, 0) is 24.3 Å². The summed E-state index contributed by atoms with van der Waals surface area (Å²) in [5.74, 6) is -0.126. The molecule has 188 valence electrons. The predicted octanol–water partition coefficient (Wildman–Crippen LogP) is 2.16. The number of unbranched alkanes of at least 4 members (excludes halogenated alkanes) is 1. The largest absolute Gasteiger partial charge is 0.378 e. The van der Waals surface area contributed by atoms with Crippen LogP contribution in [0, 0.1) is 18.3 Å². The zero-order chi connectivity index (χ0) is 24.7. The van der Waals surface area contributed by atoms with Crippen molar-refractivity contribution < 1.29 is 22.7 Å². The van der Waals surface area contributed by atoms with Crippen molar-refractivity contribution >= 4 is 39.1 Å². The Kier molecular flexibility index (Phi) is 9.97. The quantitative estimate of drug-likeness (QED) is 0.448. The van der Waals surface area contributed by atoms with Crippen LogP contribution in [0.1, 0.15) is 18.4 Å². The summed E-state index contributed by atoms with van der Waals surface area (Å²) in [6, 6.07) is 4.49. The maximum absolute atomic E-state index is 13.3. The number of hydrogen-bond acceptors (Lipinski definition) is 7. The highest BCUT2D eigenvalue weighted by molar-refractivity contribution is 7.89. The van der Waals surface area contributed by atoms with E-state index in [0.29, 0.717) is 30.1 Å². The standard InChI is InChI=1S/C22H30Cl2N4O5S/c1-17-19(23)4-5-20(22(17)24)34(30,31)28-12-13-32-14-18(28)15-33-16-21(29)27-10-8-26(9-11-27)7-3-2-6-25/h4-5,18H,2-3,7-16H2,1H3/t18-/m0/s1. The molecule has 3 rings (SSSR count). The summed E-state index contributed by atoms with van der Waals surface area (Å²) in [4.78, 5) is 16.6. The minimum absolute atomic E-state index is 0.00770. The molecule has 0 aromatic heterocycles. The monoisotopic (exact) mass is 532 g/mol. The number of ether oxygens (including phenoxy) is 2. The van der Waals surface area contributed by atoms with Gasteiger partial charge < -0.3 is 14.4 Å². The second kappa shape index (κ2) is 12.5. The van der Waals surface area contributed by atoms with Crippen molar-refractivity contribution in [1.29, 1.82) is 5.26 Å². The van der Waals surface area contributed by atoms with Crippen LogP contribution in [0.25, 0.3) is 0 Å². The summed E-state index contributed by atoms with van der Waals surface area (Å²) in [5.41, 5.74) is 0.501. The van der Waals surface area contributed by atoms with Gasteiger partial charge in [-0.15, -0.1) is 0 Å². The summed E-state index contributed by atoms with van der Waals surface area (Å²) >= 11 is 12.4. The second-order valence-corrected chi connectivity index (χ2v) is 11.0. The zero-order valence-corrected chi connectivity index (χ0v) is 21.5. The van der Waals surface area contributed by atoms with Crippen molar-refractivity contribution in [3.8, 4) is 6.07 Å². The molecule has 12 heteroatoms. The molecule has 1 amide bonds. The zero-order valence-electron chi connectivity index (χ0n) is 19.2. The lowest BCUT2D eigenvalue weighted by Gasteiger charge is -2.36. The van der Waals surface area contributed by atoms with E-state index in [9.17, 15) is 13.2 Å². The summed E-state index contributed by atoms with van der Waals surface area (Å²) < 4.78 is 39.1. The van der Waals surface area contributed by atoms with Crippen LogP contribution in [0.5, 0.6) is 0 Å². The Morgan fingerprint density at radius 2 is 1.97 bits per heavy atom. The summed E-state index contributed by atoms with van der Waals surface area (Å²) in [6.07, 6.45) is 1.37. The number of hydrogen-bond donors (Lipinski definition) is 0. The Morgan fingerprint density at radius 1 is 1.24 bits per heavy atom. The molecule has 0 N–H and O–H groups in total. The Bertz CT molecular complexity index is 1010. The normalized spacial score (nSPS) is 20.3. The predicted molar refractivity (Wildman–Crippen MR) is 128 cm³/mol. The third kappa shape index (κ3) is 6.61. The van der Waals surface area contributed by atoms with Crippen LogP contribution < -0.4 is 0 Å². The fourth-order valence-electron chi connectivity index (χ4n) is 4.03. The number of morpholine rings is 1. The van der Waals surface area contributed by atoms with Crippen molar-refractivity contribution in [2.45, 2.75) is 30.7 Å². The van der Waals surface area contributed by atoms with Gasteiger partial charge in [0, 0.05) is 44.2 Å². The van der Waals surface area contributed by atoms with Crippen LogP contribution >= 0.6 is 23.2 Å². The molecule has 0 saturated carbocycles. The number of carbonyl (C=O) groups is 1. The number of sulfonamides is 1. The van der Waals surface area contributed by atoms with E-state index in [0.717, 1.165) is 26.1 Å². The van der Waals surface area contributed by atoms with Gasteiger partial charge in [-0.3, -0.25) is 9.69 Å². The van der Waals surface area contributed by atoms with Crippen molar-refractivity contribution in [2.24, 2.45) is 0 Å². The van der Waals surface area contributed by atoms with Gasteiger partial charge in [0.2, 0.25) is 15.9 Å². The lowest BCUT2D eigenvalue weighted by atomic mass is 10.2. The van der Waals surface area contributed by atoms with E-state index in [2.05, 4.69) is 11.0 Å². The molecular weight excluding hydrogens is 503 g/mol. The lowest BCUT2D eigenvalue weighted by molar-refractivity contribution is -0.138. The molecule has 0 bridgehead atoms. The van der Waals surface area contributed by atoms with Crippen molar-refractivity contribution in [3.05, 3.63) is 27.7 Å². The maximum atomic E-state index is 13.3. The number of benzene rings is 1. The molecule has 0 unspecified atom stereocenters. The van der Waals surface area contributed by atoms with Crippen LogP contribution in [0.3, 0.4) is 0 Å². The topological polar surface area (TPSA) is 103 Å². The molecule has 1 aromatic carbocycles. The van der Waals surface area contributed by atoms with E-state index in [4.69, 9.17) is 37.9 Å². The van der Waals surface area contributed by atoms with Crippen LogP contribution in [0.4, 0.5) is 0 Å². The van der Waals surface area contributed by atoms with Gasteiger partial charge in [-0.2, -0.15) is 9.57 Å². The van der Waals surface area contributed by atoms with Crippen molar-refractivity contribution in [1.82, 2.24) is 14.1 Å². The molecule has 0 spiro atoms. The van der Waals surface area contributed by atoms with Gasteiger partial charge in [0.25, 0.3) is 0 Å². The van der Waals surface area contributed by atoms with Gasteiger partial charge in [-0.25, -0.2) is 8.42 Å². The fourth-order valence-corrected chi connectivity index (χ4v) is 6.39. The van der Waals surface area contributed by atoms with Crippen LogP contribution in [0.2, 0.25) is 10.0 Å². The van der Waals surface area contributed by atoms with Gasteiger partial charge in [0.1, 0.15) is 11.5 Å².